The zero-order chi connectivity index (χ0) is 24.5. The molecular formula is C30H44O4. The van der Waals surface area contributed by atoms with Crippen LogP contribution in [0.3, 0.4) is 0 Å². The average Bonchev–Trinajstić information content (AvgIpc) is 3.05. The van der Waals surface area contributed by atoms with Crippen molar-refractivity contribution in [1.82, 2.24) is 0 Å². The number of rotatable bonds is 1. The van der Waals surface area contributed by atoms with Crippen LogP contribution in [0.25, 0.3) is 0 Å². The molecule has 2 bridgehead atoms. The molecule has 1 heterocycles. The van der Waals surface area contributed by atoms with Gasteiger partial charge in [-0.05, 0) is 91.1 Å². The summed E-state index contributed by atoms with van der Waals surface area (Å²) in [6, 6.07) is 0. The van der Waals surface area contributed by atoms with Gasteiger partial charge in [-0.25, -0.2) is 0 Å². The summed E-state index contributed by atoms with van der Waals surface area (Å²) in [5, 5.41) is 21.2. The van der Waals surface area contributed by atoms with Crippen LogP contribution in [-0.4, -0.2) is 35.0 Å². The average molecular weight is 469 g/mol. The van der Waals surface area contributed by atoms with E-state index in [1.165, 1.54) is 11.1 Å². The topological polar surface area (TPSA) is 66.8 Å². The van der Waals surface area contributed by atoms with Gasteiger partial charge in [0.15, 0.2) is 0 Å². The van der Waals surface area contributed by atoms with Gasteiger partial charge < -0.3 is 14.9 Å². The fourth-order valence-corrected chi connectivity index (χ4v) is 10.7. The molecule has 4 nitrogen and oxygen atoms in total. The molecule has 9 atom stereocenters. The van der Waals surface area contributed by atoms with Crippen molar-refractivity contribution < 1.29 is 19.7 Å². The first-order chi connectivity index (χ1) is 15.8. The number of aliphatic hydroxyl groups excluding tert-OH is 2. The summed E-state index contributed by atoms with van der Waals surface area (Å²) in [4.78, 5) is 13.4. The normalized spacial score (nSPS) is 53.2. The number of carbonyl (C=O) groups is 1. The zero-order valence-electron chi connectivity index (χ0n) is 22.0. The molecule has 0 aromatic heterocycles. The Balaban J connectivity index is 1.46. The summed E-state index contributed by atoms with van der Waals surface area (Å²) < 4.78 is 5.96. The summed E-state index contributed by atoms with van der Waals surface area (Å²) in [6.45, 7) is 14.1. The van der Waals surface area contributed by atoms with Gasteiger partial charge in [0.2, 0.25) is 0 Å². The van der Waals surface area contributed by atoms with E-state index in [2.05, 4.69) is 47.6 Å². The Hall–Kier alpha value is -1.13. The van der Waals surface area contributed by atoms with Crippen molar-refractivity contribution >= 4 is 5.97 Å². The van der Waals surface area contributed by atoms with Crippen molar-refractivity contribution in [2.24, 2.45) is 44.8 Å². The number of aliphatic hydroxyl groups is 2. The second-order valence-corrected chi connectivity index (χ2v) is 14.5. The highest BCUT2D eigenvalue weighted by atomic mass is 16.6. The third-order valence-electron chi connectivity index (χ3n) is 12.5. The number of hydrogen-bond donors (Lipinski definition) is 2. The van der Waals surface area contributed by atoms with E-state index >= 15 is 0 Å². The Morgan fingerprint density at radius 2 is 1.79 bits per heavy atom. The molecule has 4 heteroatoms. The van der Waals surface area contributed by atoms with Gasteiger partial charge in [0.1, 0.15) is 6.10 Å². The molecule has 0 unspecified atom stereocenters. The van der Waals surface area contributed by atoms with E-state index in [4.69, 9.17) is 4.74 Å². The third-order valence-corrected chi connectivity index (χ3v) is 12.5. The van der Waals surface area contributed by atoms with Gasteiger partial charge in [-0.15, -0.1) is 0 Å². The molecule has 188 valence electrons. The van der Waals surface area contributed by atoms with Crippen molar-refractivity contribution in [2.75, 3.05) is 6.61 Å². The predicted molar refractivity (Wildman–Crippen MR) is 132 cm³/mol. The van der Waals surface area contributed by atoms with E-state index in [-0.39, 0.29) is 52.4 Å². The fraction of sp³-hybridized carbons (Fsp3) is 0.833. The largest absolute Gasteiger partial charge is 0.461 e. The van der Waals surface area contributed by atoms with Gasteiger partial charge >= 0.3 is 5.97 Å². The smallest absolute Gasteiger partial charge is 0.313 e. The van der Waals surface area contributed by atoms with Crippen LogP contribution in [0.1, 0.15) is 92.9 Å². The molecule has 1 aliphatic heterocycles. The van der Waals surface area contributed by atoms with Crippen LogP contribution in [0.15, 0.2) is 22.8 Å². The molecule has 0 amide bonds. The monoisotopic (exact) mass is 468 g/mol. The minimum atomic E-state index is -0.431. The van der Waals surface area contributed by atoms with Gasteiger partial charge in [-0.1, -0.05) is 46.3 Å². The van der Waals surface area contributed by atoms with E-state index in [9.17, 15) is 15.0 Å². The van der Waals surface area contributed by atoms with Gasteiger partial charge in [-0.3, -0.25) is 4.79 Å². The molecule has 34 heavy (non-hydrogen) atoms. The van der Waals surface area contributed by atoms with Crippen molar-refractivity contribution in [3.63, 3.8) is 0 Å². The van der Waals surface area contributed by atoms with E-state index in [0.717, 1.165) is 51.4 Å². The van der Waals surface area contributed by atoms with Crippen molar-refractivity contribution in [1.29, 1.82) is 0 Å². The number of hydrogen-bond acceptors (Lipinski definition) is 4. The molecule has 0 radical (unpaired) electrons. The van der Waals surface area contributed by atoms with E-state index in [1.54, 1.807) is 5.57 Å². The molecule has 3 saturated carbocycles. The summed E-state index contributed by atoms with van der Waals surface area (Å²) in [5.41, 5.74) is 3.84. The number of carbonyl (C=O) groups excluding carboxylic acids is 1. The summed E-state index contributed by atoms with van der Waals surface area (Å²) in [6.07, 6.45) is 9.91. The standard InChI is InChI=1S/C30H44O4/c1-17-13-30-15-23(34-25(30)33)27(4,16-31)14-19(30)18-7-8-21-28(5)12-10-22(32)26(2,3)20(28)9-11-29(21,6)24(17)18/h7,19-23,31-32H,8-16H2,1-6H3/t19-,20-,21+,22+,23-,27-,28+,29-,30+/m0/s1. The van der Waals surface area contributed by atoms with E-state index < -0.39 is 5.41 Å². The molecule has 4 fully saturated rings. The molecular weight excluding hydrogens is 424 g/mol. The quantitative estimate of drug-likeness (QED) is 0.493. The second kappa shape index (κ2) is 6.79. The van der Waals surface area contributed by atoms with Crippen molar-refractivity contribution in [3.05, 3.63) is 22.8 Å². The molecule has 1 spiro atoms. The van der Waals surface area contributed by atoms with Crippen molar-refractivity contribution in [3.8, 4) is 0 Å². The first-order valence-electron chi connectivity index (χ1n) is 13.7. The summed E-state index contributed by atoms with van der Waals surface area (Å²) in [7, 11) is 0. The van der Waals surface area contributed by atoms with E-state index in [1.807, 2.05) is 0 Å². The molecule has 1 saturated heterocycles. The highest BCUT2D eigenvalue weighted by Crippen LogP contribution is 2.72. The molecule has 0 aromatic carbocycles. The minimum Gasteiger partial charge on any atom is -0.461 e. The lowest BCUT2D eigenvalue weighted by atomic mass is 9.38. The first-order valence-corrected chi connectivity index (χ1v) is 13.7. The number of esters is 1. The highest BCUT2D eigenvalue weighted by Gasteiger charge is 2.68. The number of ether oxygens (including phenoxy) is 1. The van der Waals surface area contributed by atoms with Crippen LogP contribution in [-0.2, 0) is 9.53 Å². The lowest BCUT2D eigenvalue weighted by molar-refractivity contribution is -0.164. The van der Waals surface area contributed by atoms with Crippen LogP contribution >= 0.6 is 0 Å². The highest BCUT2D eigenvalue weighted by molar-refractivity contribution is 5.82. The maximum Gasteiger partial charge on any atom is 0.313 e. The Morgan fingerprint density at radius 3 is 2.50 bits per heavy atom. The molecule has 5 aliphatic carbocycles. The predicted octanol–water partition coefficient (Wildman–Crippen LogP) is 5.58. The van der Waals surface area contributed by atoms with Gasteiger partial charge in [0, 0.05) is 17.8 Å². The lowest BCUT2D eigenvalue weighted by Crippen LogP contribution is -2.60. The molecule has 2 N–H and O–H groups in total. The summed E-state index contributed by atoms with van der Waals surface area (Å²) >= 11 is 0. The van der Waals surface area contributed by atoms with Crippen LogP contribution in [0.4, 0.5) is 0 Å². The maximum absolute atomic E-state index is 13.4. The van der Waals surface area contributed by atoms with Crippen LogP contribution in [0.5, 0.6) is 0 Å². The fourth-order valence-electron chi connectivity index (χ4n) is 10.7. The zero-order valence-corrected chi connectivity index (χ0v) is 22.0. The third kappa shape index (κ3) is 2.55. The summed E-state index contributed by atoms with van der Waals surface area (Å²) in [5.74, 6) is 1.22. The van der Waals surface area contributed by atoms with Crippen LogP contribution in [0.2, 0.25) is 0 Å². The molecule has 0 aromatic rings. The van der Waals surface area contributed by atoms with Gasteiger partial charge in [-0.2, -0.15) is 0 Å². The van der Waals surface area contributed by atoms with Gasteiger partial charge in [0.05, 0.1) is 18.1 Å². The SMILES string of the molecule is CC1=C2C(=CC[C@@H]3[C@]4(C)CC[C@@H](O)C(C)(C)[C@@H]4CC[C@]23C)[C@@H]2C[C@@](C)(CO)[C@@H]3C[C@@]2(C1)C(=O)O3. The van der Waals surface area contributed by atoms with Crippen LogP contribution in [0, 0.1) is 44.8 Å². The Labute approximate surface area is 205 Å². The Bertz CT molecular complexity index is 1010. The van der Waals surface area contributed by atoms with Crippen LogP contribution < -0.4 is 0 Å². The van der Waals surface area contributed by atoms with Crippen molar-refractivity contribution in [2.45, 2.75) is 105 Å². The molecule has 6 aliphatic rings. The Kier molecular flexibility index (Phi) is 4.65. The minimum absolute atomic E-state index is 0.0232. The van der Waals surface area contributed by atoms with E-state index in [0.29, 0.717) is 11.8 Å². The second-order valence-electron chi connectivity index (χ2n) is 14.5. The number of fused-ring (bicyclic) bond motifs is 7. The lowest BCUT2D eigenvalue weighted by Gasteiger charge is -2.66. The maximum atomic E-state index is 13.4. The Morgan fingerprint density at radius 1 is 1.06 bits per heavy atom. The van der Waals surface area contributed by atoms with Gasteiger partial charge in [0.25, 0.3) is 0 Å². The molecule has 6 rings (SSSR count). The number of allylic oxidation sites excluding steroid dienone is 4. The first kappa shape index (κ1) is 23.3.